The van der Waals surface area contributed by atoms with Crippen LogP contribution in [0.15, 0.2) is 17.0 Å². The molecule has 124 valence electrons. The van der Waals surface area contributed by atoms with Gasteiger partial charge in [-0.3, -0.25) is 4.79 Å². The lowest BCUT2D eigenvalue weighted by molar-refractivity contribution is -0.119. The Morgan fingerprint density at radius 3 is 2.32 bits per heavy atom. The van der Waals surface area contributed by atoms with Crippen molar-refractivity contribution in [2.75, 3.05) is 27.3 Å². The molecular formula is C14H22N2O5S. The number of nitrogens with one attached hydrogen (secondary N) is 2. The molecule has 7 nitrogen and oxygen atoms in total. The predicted molar refractivity (Wildman–Crippen MR) is 82.8 cm³/mol. The second-order valence-electron chi connectivity index (χ2n) is 4.65. The lowest BCUT2D eigenvalue weighted by Crippen LogP contribution is -2.37. The van der Waals surface area contributed by atoms with Crippen molar-refractivity contribution in [1.82, 2.24) is 10.0 Å². The Hall–Kier alpha value is -1.80. The molecule has 22 heavy (non-hydrogen) atoms. The first kappa shape index (κ1) is 18.2. The molecule has 0 saturated heterocycles. The largest absolute Gasteiger partial charge is 0.493 e. The van der Waals surface area contributed by atoms with Gasteiger partial charge < -0.3 is 14.8 Å². The fourth-order valence-corrected chi connectivity index (χ4v) is 3.04. The maximum Gasteiger partial charge on any atom is 0.241 e. The first-order valence-corrected chi connectivity index (χ1v) is 8.33. The molecule has 0 radical (unpaired) electrons. The average molecular weight is 330 g/mol. The van der Waals surface area contributed by atoms with Gasteiger partial charge in [-0.05, 0) is 25.0 Å². The normalized spacial score (nSPS) is 11.1. The zero-order valence-corrected chi connectivity index (χ0v) is 14.0. The lowest BCUT2D eigenvalue weighted by Gasteiger charge is -2.13. The molecule has 0 unspecified atom stereocenters. The molecule has 0 heterocycles. The van der Waals surface area contributed by atoms with E-state index in [0.717, 1.165) is 6.42 Å². The van der Waals surface area contributed by atoms with Crippen LogP contribution >= 0.6 is 0 Å². The highest BCUT2D eigenvalue weighted by Crippen LogP contribution is 2.32. The fraction of sp³-hybridized carbons (Fsp3) is 0.500. The smallest absolute Gasteiger partial charge is 0.241 e. The molecule has 0 aliphatic carbocycles. The molecule has 1 aromatic carbocycles. The number of carbonyl (C=O) groups excluding carboxylic acids is 1. The molecule has 0 bridgehead atoms. The topological polar surface area (TPSA) is 93.7 Å². The molecular weight excluding hydrogens is 308 g/mol. The Bertz CT molecular complexity index is 628. The summed E-state index contributed by atoms with van der Waals surface area (Å²) >= 11 is 0. The van der Waals surface area contributed by atoms with Crippen molar-refractivity contribution < 1.29 is 22.7 Å². The van der Waals surface area contributed by atoms with Crippen LogP contribution in [0, 0.1) is 6.92 Å². The summed E-state index contributed by atoms with van der Waals surface area (Å²) in [5, 5.41) is 2.60. The number of methoxy groups -OCH3 is 2. The van der Waals surface area contributed by atoms with Crippen molar-refractivity contribution in [3.63, 3.8) is 0 Å². The number of ether oxygens (including phenoxy) is 2. The van der Waals surface area contributed by atoms with Gasteiger partial charge in [0, 0.05) is 12.6 Å². The van der Waals surface area contributed by atoms with E-state index in [1.54, 1.807) is 13.0 Å². The molecule has 0 aliphatic heterocycles. The van der Waals surface area contributed by atoms with Crippen molar-refractivity contribution >= 4 is 15.9 Å². The Morgan fingerprint density at radius 2 is 1.77 bits per heavy atom. The number of sulfonamides is 1. The van der Waals surface area contributed by atoms with Crippen LogP contribution in [-0.4, -0.2) is 41.6 Å². The third-order valence-corrected chi connectivity index (χ3v) is 4.51. The van der Waals surface area contributed by atoms with E-state index in [4.69, 9.17) is 9.47 Å². The summed E-state index contributed by atoms with van der Waals surface area (Å²) in [5.74, 6) is 0.382. The Labute approximate surface area is 131 Å². The molecule has 1 rings (SSSR count). The number of carbonyl (C=O) groups is 1. The van der Waals surface area contributed by atoms with Crippen molar-refractivity contribution in [2.45, 2.75) is 25.2 Å². The average Bonchev–Trinajstić information content (AvgIpc) is 2.50. The van der Waals surface area contributed by atoms with E-state index in [2.05, 4.69) is 10.0 Å². The number of rotatable bonds is 8. The van der Waals surface area contributed by atoms with Crippen molar-refractivity contribution in [2.24, 2.45) is 0 Å². The summed E-state index contributed by atoms with van der Waals surface area (Å²) in [6, 6.07) is 2.95. The van der Waals surface area contributed by atoms with Gasteiger partial charge >= 0.3 is 0 Å². The highest BCUT2D eigenvalue weighted by atomic mass is 32.2. The van der Waals surface area contributed by atoms with Crippen LogP contribution in [0.3, 0.4) is 0 Å². The quantitative estimate of drug-likeness (QED) is 0.736. The summed E-state index contributed by atoms with van der Waals surface area (Å²) in [7, 11) is -0.915. The summed E-state index contributed by atoms with van der Waals surface area (Å²) in [6.07, 6.45) is 0.785. The maximum atomic E-state index is 12.3. The monoisotopic (exact) mass is 330 g/mol. The standard InChI is InChI=1S/C14H22N2O5S/c1-5-6-15-14(17)9-16-22(18,19)13-8-12(21-4)11(20-3)7-10(13)2/h7-8,16H,5-6,9H2,1-4H3,(H,15,17). The minimum atomic E-state index is -3.82. The lowest BCUT2D eigenvalue weighted by atomic mass is 10.2. The summed E-state index contributed by atoms with van der Waals surface area (Å²) in [6.45, 7) is 3.76. The molecule has 8 heteroatoms. The Morgan fingerprint density at radius 1 is 1.18 bits per heavy atom. The van der Waals surface area contributed by atoms with Crippen molar-refractivity contribution in [3.05, 3.63) is 17.7 Å². The predicted octanol–water partition coefficient (Wildman–Crippen LogP) is 0.817. The molecule has 1 aromatic rings. The van der Waals surface area contributed by atoms with Gasteiger partial charge in [0.25, 0.3) is 0 Å². The van der Waals surface area contributed by atoms with Crippen LogP contribution in [0.2, 0.25) is 0 Å². The number of aryl methyl sites for hydroxylation is 1. The second kappa shape index (κ2) is 8.00. The molecule has 0 spiro atoms. The zero-order chi connectivity index (χ0) is 16.8. The van der Waals surface area contributed by atoms with Gasteiger partial charge in [-0.1, -0.05) is 6.92 Å². The summed E-state index contributed by atoms with van der Waals surface area (Å²) in [4.78, 5) is 11.6. The van der Waals surface area contributed by atoms with E-state index in [1.807, 2.05) is 6.92 Å². The van der Waals surface area contributed by atoms with Gasteiger partial charge in [0.1, 0.15) is 0 Å². The Kier molecular flexibility index (Phi) is 6.63. The van der Waals surface area contributed by atoms with Crippen LogP contribution in [0.4, 0.5) is 0 Å². The second-order valence-corrected chi connectivity index (χ2v) is 6.38. The van der Waals surface area contributed by atoms with Crippen LogP contribution < -0.4 is 19.5 Å². The van der Waals surface area contributed by atoms with Gasteiger partial charge in [0.15, 0.2) is 11.5 Å². The van der Waals surface area contributed by atoms with E-state index in [1.165, 1.54) is 20.3 Å². The molecule has 1 amide bonds. The third-order valence-electron chi connectivity index (χ3n) is 2.97. The summed E-state index contributed by atoms with van der Waals surface area (Å²) in [5.41, 5.74) is 0.499. The van der Waals surface area contributed by atoms with E-state index < -0.39 is 10.0 Å². The molecule has 0 atom stereocenters. The molecule has 0 aliphatic rings. The molecule has 2 N–H and O–H groups in total. The van der Waals surface area contributed by atoms with Crippen LogP contribution in [0.1, 0.15) is 18.9 Å². The number of hydrogen-bond donors (Lipinski definition) is 2. The van der Waals surface area contributed by atoms with Crippen LogP contribution in [0.5, 0.6) is 11.5 Å². The van der Waals surface area contributed by atoms with E-state index in [9.17, 15) is 13.2 Å². The third kappa shape index (κ3) is 4.60. The van der Waals surface area contributed by atoms with Crippen molar-refractivity contribution in [1.29, 1.82) is 0 Å². The molecule has 0 aromatic heterocycles. The Balaban J connectivity index is 2.95. The van der Waals surface area contributed by atoms with Gasteiger partial charge in [0.05, 0.1) is 25.7 Å². The van der Waals surface area contributed by atoms with Gasteiger partial charge in [-0.25, -0.2) is 13.1 Å². The number of benzene rings is 1. The van der Waals surface area contributed by atoms with Crippen LogP contribution in [0.25, 0.3) is 0 Å². The number of hydrogen-bond acceptors (Lipinski definition) is 5. The first-order chi connectivity index (χ1) is 10.4. The van der Waals surface area contributed by atoms with Gasteiger partial charge in [-0.15, -0.1) is 0 Å². The van der Waals surface area contributed by atoms with Gasteiger partial charge in [-0.2, -0.15) is 0 Å². The van der Waals surface area contributed by atoms with E-state index in [0.29, 0.717) is 23.6 Å². The SMILES string of the molecule is CCCNC(=O)CNS(=O)(=O)c1cc(OC)c(OC)cc1C. The highest BCUT2D eigenvalue weighted by Gasteiger charge is 2.21. The maximum absolute atomic E-state index is 12.3. The number of amides is 1. The molecule has 0 saturated carbocycles. The summed E-state index contributed by atoms with van der Waals surface area (Å²) < 4.78 is 37.1. The molecule has 0 fully saturated rings. The minimum absolute atomic E-state index is 0.0495. The van der Waals surface area contributed by atoms with E-state index in [-0.39, 0.29) is 17.3 Å². The first-order valence-electron chi connectivity index (χ1n) is 6.84. The minimum Gasteiger partial charge on any atom is -0.493 e. The highest BCUT2D eigenvalue weighted by molar-refractivity contribution is 7.89. The van der Waals surface area contributed by atoms with Gasteiger partial charge in [0.2, 0.25) is 15.9 Å². The zero-order valence-electron chi connectivity index (χ0n) is 13.2. The fourth-order valence-electron chi connectivity index (χ4n) is 1.82. The van der Waals surface area contributed by atoms with Crippen molar-refractivity contribution in [3.8, 4) is 11.5 Å². The van der Waals surface area contributed by atoms with E-state index >= 15 is 0 Å². The van der Waals surface area contributed by atoms with Crippen LogP contribution in [-0.2, 0) is 14.8 Å².